The predicted octanol–water partition coefficient (Wildman–Crippen LogP) is 6.29. The summed E-state index contributed by atoms with van der Waals surface area (Å²) < 4.78 is 30.5. The van der Waals surface area contributed by atoms with Crippen molar-refractivity contribution in [1.82, 2.24) is 10.2 Å². The van der Waals surface area contributed by atoms with Crippen molar-refractivity contribution in [2.45, 2.75) is 51.1 Å². The zero-order valence-corrected chi connectivity index (χ0v) is 27.6. The van der Waals surface area contributed by atoms with Gasteiger partial charge >= 0.3 is 0 Å². The van der Waals surface area contributed by atoms with E-state index in [9.17, 15) is 18.0 Å². The Morgan fingerprint density at radius 1 is 0.818 bits per heavy atom. The zero-order chi connectivity index (χ0) is 31.7. The summed E-state index contributed by atoms with van der Waals surface area (Å²) >= 11 is 3.46. The molecular formula is C35H38BrN3O4S. The van der Waals surface area contributed by atoms with E-state index in [-0.39, 0.29) is 23.8 Å². The summed E-state index contributed by atoms with van der Waals surface area (Å²) in [6, 6.07) is 30.0. The summed E-state index contributed by atoms with van der Waals surface area (Å²) in [5, 5.41) is 2.89. The molecule has 44 heavy (non-hydrogen) atoms. The first-order valence-electron chi connectivity index (χ1n) is 14.7. The number of rotatable bonds is 13. The number of halogens is 1. The molecule has 4 aromatic rings. The van der Waals surface area contributed by atoms with Crippen LogP contribution in [0.1, 0.15) is 36.1 Å². The molecule has 0 aliphatic rings. The van der Waals surface area contributed by atoms with E-state index in [2.05, 4.69) is 21.2 Å². The number of nitrogens with one attached hydrogen (secondary N) is 1. The normalized spacial score (nSPS) is 11.9. The molecule has 0 spiro atoms. The maximum atomic E-state index is 14.5. The van der Waals surface area contributed by atoms with Crippen LogP contribution in [0.3, 0.4) is 0 Å². The van der Waals surface area contributed by atoms with E-state index in [4.69, 9.17) is 0 Å². The fraction of sp³-hybridized carbons (Fsp3) is 0.257. The van der Waals surface area contributed by atoms with Crippen LogP contribution in [0, 0.1) is 6.92 Å². The number of benzene rings is 4. The summed E-state index contributed by atoms with van der Waals surface area (Å²) in [6.45, 7) is 5.70. The van der Waals surface area contributed by atoms with E-state index in [0.717, 1.165) is 26.7 Å². The molecule has 0 aliphatic heterocycles. The number of hydrogen-bond acceptors (Lipinski definition) is 4. The third-order valence-electron chi connectivity index (χ3n) is 7.42. The van der Waals surface area contributed by atoms with Crippen LogP contribution in [0.25, 0.3) is 0 Å². The number of carbonyl (C=O) groups is 2. The van der Waals surface area contributed by atoms with E-state index >= 15 is 0 Å². The number of hydrogen-bond donors (Lipinski definition) is 1. The fourth-order valence-electron chi connectivity index (χ4n) is 5.04. The Labute approximate surface area is 269 Å². The van der Waals surface area contributed by atoms with Gasteiger partial charge < -0.3 is 10.2 Å². The number of likely N-dealkylation sites (N-methyl/N-ethyl adjacent to an activating group) is 1. The van der Waals surface area contributed by atoms with Crippen LogP contribution in [0.15, 0.2) is 112 Å². The van der Waals surface area contributed by atoms with Crippen molar-refractivity contribution in [3.63, 3.8) is 0 Å². The maximum Gasteiger partial charge on any atom is 0.264 e. The molecule has 1 atom stereocenters. The van der Waals surface area contributed by atoms with E-state index in [1.165, 1.54) is 9.21 Å². The van der Waals surface area contributed by atoms with Gasteiger partial charge in [0.1, 0.15) is 12.6 Å². The van der Waals surface area contributed by atoms with Gasteiger partial charge in [-0.25, -0.2) is 8.42 Å². The Kier molecular flexibility index (Phi) is 11.4. The SMILES string of the molecule is CCNC(=O)C(Cc1ccccc1)N(Cc1ccc(Br)cc1)C(=O)CN(c1ccccc1CC)S(=O)(=O)c1ccc(C)cc1. The van der Waals surface area contributed by atoms with Crippen LogP contribution in [0.4, 0.5) is 5.69 Å². The Balaban J connectivity index is 1.82. The van der Waals surface area contributed by atoms with Gasteiger partial charge in [-0.1, -0.05) is 101 Å². The number of para-hydroxylation sites is 1. The highest BCUT2D eigenvalue weighted by Gasteiger charge is 2.35. The van der Waals surface area contributed by atoms with E-state index in [0.29, 0.717) is 18.7 Å². The van der Waals surface area contributed by atoms with Gasteiger partial charge in [0.2, 0.25) is 11.8 Å². The summed E-state index contributed by atoms with van der Waals surface area (Å²) in [6.07, 6.45) is 0.841. The highest BCUT2D eigenvalue weighted by Crippen LogP contribution is 2.29. The van der Waals surface area contributed by atoms with Crippen molar-refractivity contribution in [3.8, 4) is 0 Å². The Hall–Kier alpha value is -3.95. The first-order valence-corrected chi connectivity index (χ1v) is 16.9. The Morgan fingerprint density at radius 3 is 2.09 bits per heavy atom. The minimum atomic E-state index is -4.15. The van der Waals surface area contributed by atoms with Gasteiger partial charge in [-0.05, 0) is 67.3 Å². The van der Waals surface area contributed by atoms with Crippen molar-refractivity contribution in [1.29, 1.82) is 0 Å². The number of amides is 2. The van der Waals surface area contributed by atoms with Crippen molar-refractivity contribution in [2.75, 3.05) is 17.4 Å². The average molecular weight is 677 g/mol. The van der Waals surface area contributed by atoms with E-state index in [1.54, 1.807) is 36.4 Å². The van der Waals surface area contributed by atoms with Crippen LogP contribution >= 0.6 is 15.9 Å². The minimum Gasteiger partial charge on any atom is -0.355 e. The zero-order valence-electron chi connectivity index (χ0n) is 25.2. The molecule has 0 aliphatic carbocycles. The molecule has 1 N–H and O–H groups in total. The molecule has 0 radical (unpaired) electrons. The molecule has 230 valence electrons. The topological polar surface area (TPSA) is 86.8 Å². The maximum absolute atomic E-state index is 14.5. The molecule has 4 aromatic carbocycles. The molecule has 2 amide bonds. The number of nitrogens with zero attached hydrogens (tertiary/aromatic N) is 2. The Morgan fingerprint density at radius 2 is 1.45 bits per heavy atom. The molecule has 7 nitrogen and oxygen atoms in total. The van der Waals surface area contributed by atoms with Crippen molar-refractivity contribution in [2.24, 2.45) is 0 Å². The van der Waals surface area contributed by atoms with Crippen LogP contribution in [-0.4, -0.2) is 44.3 Å². The second-order valence-electron chi connectivity index (χ2n) is 10.6. The van der Waals surface area contributed by atoms with Crippen molar-refractivity contribution < 1.29 is 18.0 Å². The quantitative estimate of drug-likeness (QED) is 0.180. The van der Waals surface area contributed by atoms with Gasteiger partial charge in [0.25, 0.3) is 10.0 Å². The second kappa shape index (κ2) is 15.2. The van der Waals surface area contributed by atoms with E-state index in [1.807, 2.05) is 87.5 Å². The number of carbonyl (C=O) groups excluding carboxylic acids is 2. The molecule has 0 aromatic heterocycles. The highest BCUT2D eigenvalue weighted by atomic mass is 79.9. The average Bonchev–Trinajstić information content (AvgIpc) is 3.03. The van der Waals surface area contributed by atoms with Crippen LogP contribution in [0.5, 0.6) is 0 Å². The lowest BCUT2D eigenvalue weighted by molar-refractivity contribution is -0.140. The molecule has 0 saturated heterocycles. The van der Waals surface area contributed by atoms with Crippen molar-refractivity contribution >= 4 is 43.5 Å². The molecule has 0 fully saturated rings. The Bertz CT molecular complexity index is 1660. The van der Waals surface area contributed by atoms with Gasteiger partial charge in [0.05, 0.1) is 10.6 Å². The summed E-state index contributed by atoms with van der Waals surface area (Å²) in [5.41, 5.74) is 3.85. The monoisotopic (exact) mass is 675 g/mol. The summed E-state index contributed by atoms with van der Waals surface area (Å²) in [7, 11) is -4.15. The van der Waals surface area contributed by atoms with Gasteiger partial charge in [-0.3, -0.25) is 13.9 Å². The van der Waals surface area contributed by atoms with Gasteiger partial charge in [-0.2, -0.15) is 0 Å². The molecule has 9 heteroatoms. The van der Waals surface area contributed by atoms with Crippen LogP contribution in [-0.2, 0) is 39.0 Å². The third kappa shape index (κ3) is 8.15. The molecule has 0 saturated carbocycles. The number of anilines is 1. The fourth-order valence-corrected chi connectivity index (χ4v) is 6.75. The smallest absolute Gasteiger partial charge is 0.264 e. The molecule has 0 heterocycles. The van der Waals surface area contributed by atoms with Crippen molar-refractivity contribution in [3.05, 3.63) is 130 Å². The number of sulfonamides is 1. The summed E-state index contributed by atoms with van der Waals surface area (Å²) in [5.74, 6) is -0.787. The molecule has 4 rings (SSSR count). The van der Waals surface area contributed by atoms with Gasteiger partial charge in [0.15, 0.2) is 0 Å². The number of aryl methyl sites for hydroxylation is 2. The minimum absolute atomic E-state index is 0.0887. The third-order valence-corrected chi connectivity index (χ3v) is 9.72. The van der Waals surface area contributed by atoms with Crippen LogP contribution in [0.2, 0.25) is 0 Å². The molecular weight excluding hydrogens is 638 g/mol. The van der Waals surface area contributed by atoms with Crippen LogP contribution < -0.4 is 9.62 Å². The molecule has 0 bridgehead atoms. The second-order valence-corrected chi connectivity index (χ2v) is 13.3. The lowest BCUT2D eigenvalue weighted by atomic mass is 10.0. The van der Waals surface area contributed by atoms with Gasteiger partial charge in [0, 0.05) is 24.0 Å². The lowest BCUT2D eigenvalue weighted by Gasteiger charge is -2.34. The summed E-state index contributed by atoms with van der Waals surface area (Å²) in [4.78, 5) is 29.7. The largest absolute Gasteiger partial charge is 0.355 e. The highest BCUT2D eigenvalue weighted by molar-refractivity contribution is 9.10. The lowest BCUT2D eigenvalue weighted by Crippen LogP contribution is -2.53. The standard InChI is InChI=1S/C35H38BrN3O4S/c1-4-29-13-9-10-14-32(29)39(44(42,43)31-21-15-26(3)16-22-31)25-34(40)38(24-28-17-19-30(36)20-18-28)33(35(41)37-5-2)23-27-11-7-6-8-12-27/h6-22,33H,4-5,23-25H2,1-3H3,(H,37,41). The van der Waals surface area contributed by atoms with Gasteiger partial charge in [-0.15, -0.1) is 0 Å². The van der Waals surface area contributed by atoms with E-state index < -0.39 is 28.5 Å². The molecule has 1 unspecified atom stereocenters. The first-order chi connectivity index (χ1) is 21.1. The first kappa shape index (κ1) is 33.0. The predicted molar refractivity (Wildman–Crippen MR) is 179 cm³/mol.